The topological polar surface area (TPSA) is 32.3 Å². The zero-order valence-corrected chi connectivity index (χ0v) is 11.4. The van der Waals surface area contributed by atoms with Crippen LogP contribution in [0.2, 0.25) is 0 Å². The predicted octanol–water partition coefficient (Wildman–Crippen LogP) is 3.30. The summed E-state index contributed by atoms with van der Waals surface area (Å²) in [6, 6.07) is 6.52. The number of benzene rings is 1. The van der Waals surface area contributed by atoms with Crippen LogP contribution in [0, 0.1) is 5.82 Å². The molecule has 1 aromatic rings. The Morgan fingerprint density at radius 2 is 1.89 bits per heavy atom. The number of amides is 2. The molecule has 3 nitrogen and oxygen atoms in total. The van der Waals surface area contributed by atoms with Crippen LogP contribution in [0.1, 0.15) is 37.7 Å². The van der Waals surface area contributed by atoms with Crippen LogP contribution in [-0.2, 0) is 6.54 Å². The van der Waals surface area contributed by atoms with Gasteiger partial charge < -0.3 is 10.2 Å². The second kappa shape index (κ2) is 6.55. The predicted molar refractivity (Wildman–Crippen MR) is 73.3 cm³/mol. The minimum absolute atomic E-state index is 0.0452. The van der Waals surface area contributed by atoms with Crippen molar-refractivity contribution in [1.82, 2.24) is 10.2 Å². The zero-order chi connectivity index (χ0) is 13.7. The summed E-state index contributed by atoms with van der Waals surface area (Å²) in [6.07, 6.45) is 5.89. The van der Waals surface area contributed by atoms with E-state index in [1.807, 2.05) is 11.9 Å². The molecule has 1 aliphatic carbocycles. The van der Waals surface area contributed by atoms with Gasteiger partial charge in [0.2, 0.25) is 0 Å². The van der Waals surface area contributed by atoms with Crippen molar-refractivity contribution in [2.24, 2.45) is 0 Å². The van der Waals surface area contributed by atoms with Gasteiger partial charge in [0.15, 0.2) is 0 Å². The van der Waals surface area contributed by atoms with Gasteiger partial charge in [-0.2, -0.15) is 0 Å². The van der Waals surface area contributed by atoms with Gasteiger partial charge in [-0.25, -0.2) is 9.18 Å². The van der Waals surface area contributed by atoms with Gasteiger partial charge in [-0.1, -0.05) is 31.4 Å². The van der Waals surface area contributed by atoms with Crippen molar-refractivity contribution >= 4 is 6.03 Å². The highest BCUT2D eigenvalue weighted by molar-refractivity contribution is 5.74. The van der Waals surface area contributed by atoms with Crippen molar-refractivity contribution in [3.63, 3.8) is 0 Å². The van der Waals surface area contributed by atoms with Crippen molar-refractivity contribution in [2.45, 2.75) is 44.7 Å². The monoisotopic (exact) mass is 264 g/mol. The molecule has 0 spiro atoms. The molecule has 0 bridgehead atoms. The van der Waals surface area contributed by atoms with Crippen LogP contribution >= 0.6 is 0 Å². The Balaban J connectivity index is 1.81. The average Bonchev–Trinajstić information content (AvgIpc) is 2.46. The molecule has 0 radical (unpaired) electrons. The summed E-state index contributed by atoms with van der Waals surface area (Å²) in [5.41, 5.74) is 0.909. The lowest BCUT2D eigenvalue weighted by Crippen LogP contribution is -2.44. The molecule has 2 amide bonds. The molecule has 1 aliphatic rings. The van der Waals surface area contributed by atoms with E-state index in [-0.39, 0.29) is 11.8 Å². The van der Waals surface area contributed by atoms with Crippen molar-refractivity contribution in [3.8, 4) is 0 Å². The molecule has 1 fully saturated rings. The van der Waals surface area contributed by atoms with E-state index in [0.29, 0.717) is 12.6 Å². The number of hydrogen-bond donors (Lipinski definition) is 1. The van der Waals surface area contributed by atoms with E-state index >= 15 is 0 Å². The molecule has 0 atom stereocenters. The highest BCUT2D eigenvalue weighted by Gasteiger charge is 2.21. The first kappa shape index (κ1) is 13.8. The molecule has 0 saturated heterocycles. The summed E-state index contributed by atoms with van der Waals surface area (Å²) in [5.74, 6) is -0.255. The maximum Gasteiger partial charge on any atom is 0.317 e. The third-order valence-electron chi connectivity index (χ3n) is 3.80. The lowest BCUT2D eigenvalue weighted by Gasteiger charge is -2.31. The highest BCUT2D eigenvalue weighted by atomic mass is 19.1. The summed E-state index contributed by atoms with van der Waals surface area (Å²) in [4.78, 5) is 13.8. The Bertz CT molecular complexity index is 413. The maximum atomic E-state index is 12.8. The molecule has 1 N–H and O–H groups in total. The number of carbonyl (C=O) groups excluding carboxylic acids is 1. The fraction of sp³-hybridized carbons (Fsp3) is 0.533. The molecule has 1 saturated carbocycles. The van der Waals surface area contributed by atoms with E-state index in [2.05, 4.69) is 5.32 Å². The summed E-state index contributed by atoms with van der Waals surface area (Å²) < 4.78 is 12.8. The summed E-state index contributed by atoms with van der Waals surface area (Å²) >= 11 is 0. The van der Waals surface area contributed by atoms with Crippen LogP contribution in [0.3, 0.4) is 0 Å². The van der Waals surface area contributed by atoms with Crippen LogP contribution in [-0.4, -0.2) is 24.0 Å². The highest BCUT2D eigenvalue weighted by Crippen LogP contribution is 2.21. The van der Waals surface area contributed by atoms with Gasteiger partial charge in [-0.05, 0) is 30.5 Å². The molecule has 2 rings (SSSR count). The molecule has 0 aliphatic heterocycles. The molecule has 1 aromatic carbocycles. The maximum absolute atomic E-state index is 12.8. The largest absolute Gasteiger partial charge is 0.334 e. The van der Waals surface area contributed by atoms with Crippen molar-refractivity contribution in [2.75, 3.05) is 7.05 Å². The van der Waals surface area contributed by atoms with Gasteiger partial charge >= 0.3 is 6.03 Å². The van der Waals surface area contributed by atoms with Crippen molar-refractivity contribution in [1.29, 1.82) is 0 Å². The first-order valence-electron chi connectivity index (χ1n) is 6.92. The van der Waals surface area contributed by atoms with E-state index in [4.69, 9.17) is 0 Å². The Kier molecular flexibility index (Phi) is 4.77. The second-order valence-electron chi connectivity index (χ2n) is 5.19. The summed E-state index contributed by atoms with van der Waals surface area (Å²) in [6.45, 7) is 0.441. The fourth-order valence-corrected chi connectivity index (χ4v) is 2.54. The van der Waals surface area contributed by atoms with Crippen LogP contribution in [0.15, 0.2) is 24.3 Å². The standard InChI is InChI=1S/C15H21FN2O/c1-18(14-5-3-2-4-6-14)15(19)17-11-12-7-9-13(16)10-8-12/h7-10,14H,2-6,11H2,1H3,(H,17,19). The van der Waals surface area contributed by atoms with Gasteiger partial charge in [0.05, 0.1) is 0 Å². The molecular weight excluding hydrogens is 243 g/mol. The van der Waals surface area contributed by atoms with Gasteiger partial charge in [-0.3, -0.25) is 0 Å². The summed E-state index contributed by atoms with van der Waals surface area (Å²) in [5, 5.41) is 2.88. The lowest BCUT2D eigenvalue weighted by atomic mass is 9.95. The zero-order valence-electron chi connectivity index (χ0n) is 11.4. The van der Waals surface area contributed by atoms with Crippen LogP contribution in [0.25, 0.3) is 0 Å². The first-order chi connectivity index (χ1) is 9.16. The molecule has 4 heteroatoms. The summed E-state index contributed by atoms with van der Waals surface area (Å²) in [7, 11) is 1.86. The number of nitrogens with zero attached hydrogens (tertiary/aromatic N) is 1. The SMILES string of the molecule is CN(C(=O)NCc1ccc(F)cc1)C1CCCCC1. The van der Waals surface area contributed by atoms with Crippen LogP contribution in [0.4, 0.5) is 9.18 Å². The normalized spacial score (nSPS) is 16.1. The molecule has 104 valence electrons. The molecule has 19 heavy (non-hydrogen) atoms. The van der Waals surface area contributed by atoms with E-state index in [1.54, 1.807) is 12.1 Å². The average molecular weight is 264 g/mol. The Labute approximate surface area is 113 Å². The van der Waals surface area contributed by atoms with E-state index in [9.17, 15) is 9.18 Å². The van der Waals surface area contributed by atoms with Crippen LogP contribution < -0.4 is 5.32 Å². The van der Waals surface area contributed by atoms with Gasteiger partial charge in [0, 0.05) is 19.6 Å². The molecule has 0 heterocycles. The quantitative estimate of drug-likeness (QED) is 0.892. The van der Waals surface area contributed by atoms with E-state index in [1.165, 1.54) is 31.4 Å². The van der Waals surface area contributed by atoms with Gasteiger partial charge in [0.25, 0.3) is 0 Å². The van der Waals surface area contributed by atoms with E-state index in [0.717, 1.165) is 18.4 Å². The number of urea groups is 1. The third-order valence-corrected chi connectivity index (χ3v) is 3.80. The Morgan fingerprint density at radius 1 is 1.26 bits per heavy atom. The molecular formula is C15H21FN2O. The minimum Gasteiger partial charge on any atom is -0.334 e. The Hall–Kier alpha value is -1.58. The molecule has 0 aromatic heterocycles. The number of halogens is 1. The Morgan fingerprint density at radius 3 is 2.53 bits per heavy atom. The number of rotatable bonds is 3. The van der Waals surface area contributed by atoms with Gasteiger partial charge in [0.1, 0.15) is 5.82 Å². The minimum atomic E-state index is -0.255. The van der Waals surface area contributed by atoms with E-state index < -0.39 is 0 Å². The fourth-order valence-electron chi connectivity index (χ4n) is 2.54. The lowest BCUT2D eigenvalue weighted by molar-refractivity contribution is 0.173. The third kappa shape index (κ3) is 3.94. The number of nitrogens with one attached hydrogen (secondary N) is 1. The van der Waals surface area contributed by atoms with Crippen molar-refractivity contribution < 1.29 is 9.18 Å². The second-order valence-corrected chi connectivity index (χ2v) is 5.19. The van der Waals surface area contributed by atoms with Crippen LogP contribution in [0.5, 0.6) is 0 Å². The number of carbonyl (C=O) groups is 1. The van der Waals surface area contributed by atoms with Gasteiger partial charge in [-0.15, -0.1) is 0 Å². The smallest absolute Gasteiger partial charge is 0.317 e. The number of hydrogen-bond acceptors (Lipinski definition) is 1. The first-order valence-corrected chi connectivity index (χ1v) is 6.92. The molecule has 0 unspecified atom stereocenters. The van der Waals surface area contributed by atoms with Crippen molar-refractivity contribution in [3.05, 3.63) is 35.6 Å².